The van der Waals surface area contributed by atoms with E-state index in [-0.39, 0.29) is 23.6 Å². The zero-order valence-electron chi connectivity index (χ0n) is 11.4. The fourth-order valence-corrected chi connectivity index (χ4v) is 2.57. The molecule has 0 spiro atoms. The van der Waals surface area contributed by atoms with E-state index >= 15 is 0 Å². The van der Waals surface area contributed by atoms with E-state index in [1.165, 1.54) is 6.07 Å². The smallest absolute Gasteiger partial charge is 0.292 e. The van der Waals surface area contributed by atoms with Gasteiger partial charge in [0.25, 0.3) is 5.69 Å². The number of rotatable bonds is 2. The topological polar surface area (TPSA) is 81.6 Å². The molecule has 0 bridgehead atoms. The zero-order valence-corrected chi connectivity index (χ0v) is 11.4. The molecule has 1 saturated heterocycles. The summed E-state index contributed by atoms with van der Waals surface area (Å²) in [6, 6.07) is 3.23. The molecule has 0 amide bonds. The zero-order chi connectivity index (χ0) is 14.2. The predicted molar refractivity (Wildman–Crippen MR) is 74.5 cm³/mol. The Hall–Kier alpha value is -1.82. The van der Waals surface area contributed by atoms with E-state index in [1.807, 2.05) is 20.8 Å². The summed E-state index contributed by atoms with van der Waals surface area (Å²) in [6.45, 7) is 7.44. The normalized spacial score (nSPS) is 23.4. The average molecular weight is 265 g/mol. The number of benzene rings is 1. The molecule has 0 aliphatic carbocycles. The summed E-state index contributed by atoms with van der Waals surface area (Å²) in [5, 5.41) is 10.9. The summed E-state index contributed by atoms with van der Waals surface area (Å²) in [5.74, 6) is 0. The van der Waals surface area contributed by atoms with E-state index in [0.29, 0.717) is 0 Å². The van der Waals surface area contributed by atoms with Crippen LogP contribution in [0.5, 0.6) is 0 Å². The van der Waals surface area contributed by atoms with Crippen LogP contribution in [-0.4, -0.2) is 30.2 Å². The van der Waals surface area contributed by atoms with Crippen molar-refractivity contribution >= 4 is 17.1 Å². The van der Waals surface area contributed by atoms with Crippen molar-refractivity contribution in [3.05, 3.63) is 27.8 Å². The van der Waals surface area contributed by atoms with Crippen molar-refractivity contribution < 1.29 is 9.66 Å². The molecule has 2 atom stereocenters. The third-order valence-corrected chi connectivity index (χ3v) is 3.30. The first-order valence-electron chi connectivity index (χ1n) is 6.33. The molecule has 1 aromatic carbocycles. The van der Waals surface area contributed by atoms with E-state index in [9.17, 15) is 10.1 Å². The summed E-state index contributed by atoms with van der Waals surface area (Å²) in [4.78, 5) is 12.6. The predicted octanol–water partition coefficient (Wildman–Crippen LogP) is 2.10. The summed E-state index contributed by atoms with van der Waals surface area (Å²) >= 11 is 0. The number of nitro benzene ring substituents is 1. The van der Waals surface area contributed by atoms with Gasteiger partial charge in [-0.3, -0.25) is 10.1 Å². The lowest BCUT2D eigenvalue weighted by atomic mass is 10.1. The molecule has 6 nitrogen and oxygen atoms in total. The molecular formula is C13H19N3O3. The maximum absolute atomic E-state index is 10.9. The lowest BCUT2D eigenvalue weighted by Crippen LogP contribution is -2.45. The van der Waals surface area contributed by atoms with Crippen molar-refractivity contribution in [2.24, 2.45) is 0 Å². The Labute approximate surface area is 112 Å². The lowest BCUT2D eigenvalue weighted by molar-refractivity contribution is -0.383. The highest BCUT2D eigenvalue weighted by Crippen LogP contribution is 2.32. The highest BCUT2D eigenvalue weighted by atomic mass is 16.6. The average Bonchev–Trinajstić information content (AvgIpc) is 2.30. The molecule has 1 heterocycles. The van der Waals surface area contributed by atoms with Gasteiger partial charge in [-0.25, -0.2) is 0 Å². The fourth-order valence-electron chi connectivity index (χ4n) is 2.57. The Morgan fingerprint density at radius 3 is 2.47 bits per heavy atom. The number of aryl methyl sites for hydroxylation is 1. The lowest BCUT2D eigenvalue weighted by Gasteiger charge is -2.37. The van der Waals surface area contributed by atoms with Crippen LogP contribution in [0.1, 0.15) is 19.4 Å². The molecule has 0 aromatic heterocycles. The van der Waals surface area contributed by atoms with E-state index in [0.717, 1.165) is 24.3 Å². The Morgan fingerprint density at radius 2 is 1.95 bits per heavy atom. The number of morpholine rings is 1. The number of hydrogen-bond acceptors (Lipinski definition) is 5. The van der Waals surface area contributed by atoms with Crippen molar-refractivity contribution in [1.82, 2.24) is 0 Å². The van der Waals surface area contributed by atoms with Gasteiger partial charge in [0, 0.05) is 24.8 Å². The van der Waals surface area contributed by atoms with Gasteiger partial charge in [0.2, 0.25) is 0 Å². The Balaban J connectivity index is 2.35. The van der Waals surface area contributed by atoms with E-state index in [1.54, 1.807) is 6.07 Å². The number of nitro groups is 1. The molecule has 1 aromatic rings. The molecule has 0 unspecified atom stereocenters. The maximum Gasteiger partial charge on any atom is 0.292 e. The Kier molecular flexibility index (Phi) is 3.61. The number of hydrogen-bond donors (Lipinski definition) is 1. The third-order valence-electron chi connectivity index (χ3n) is 3.30. The summed E-state index contributed by atoms with van der Waals surface area (Å²) in [5.41, 5.74) is 7.75. The van der Waals surface area contributed by atoms with Gasteiger partial charge in [0.1, 0.15) is 5.69 Å². The summed E-state index contributed by atoms with van der Waals surface area (Å²) in [7, 11) is 0. The van der Waals surface area contributed by atoms with Crippen LogP contribution in [0, 0.1) is 17.0 Å². The monoisotopic (exact) mass is 265 g/mol. The summed E-state index contributed by atoms with van der Waals surface area (Å²) < 4.78 is 5.69. The maximum atomic E-state index is 10.9. The van der Waals surface area contributed by atoms with Crippen LogP contribution in [0.15, 0.2) is 12.1 Å². The van der Waals surface area contributed by atoms with Gasteiger partial charge in [-0.05, 0) is 32.4 Å². The molecule has 104 valence electrons. The molecule has 6 heteroatoms. The van der Waals surface area contributed by atoms with Gasteiger partial charge in [-0.15, -0.1) is 0 Å². The van der Waals surface area contributed by atoms with Gasteiger partial charge >= 0.3 is 0 Å². The van der Waals surface area contributed by atoms with Crippen LogP contribution in [-0.2, 0) is 4.74 Å². The van der Waals surface area contributed by atoms with Crippen molar-refractivity contribution in [2.45, 2.75) is 33.0 Å². The Morgan fingerprint density at radius 1 is 1.37 bits per heavy atom. The number of nitrogens with two attached hydrogens (primary N) is 1. The molecular weight excluding hydrogens is 246 g/mol. The van der Waals surface area contributed by atoms with Gasteiger partial charge < -0.3 is 15.4 Å². The molecule has 1 aliphatic rings. The standard InChI is InChI=1S/C13H19N3O3/c1-8-4-13(16(17)18)11(14)5-12(8)15-6-9(2)19-10(3)7-15/h4-5,9-10H,6-7,14H2,1-3H3/t9-,10+. The number of ether oxygens (including phenoxy) is 1. The molecule has 2 rings (SSSR count). The second-order valence-electron chi connectivity index (χ2n) is 5.12. The van der Waals surface area contributed by atoms with E-state index in [2.05, 4.69) is 4.90 Å². The molecule has 0 radical (unpaired) electrons. The van der Waals surface area contributed by atoms with E-state index < -0.39 is 4.92 Å². The van der Waals surface area contributed by atoms with Crippen LogP contribution in [0.25, 0.3) is 0 Å². The minimum absolute atomic E-state index is 0.0318. The molecule has 1 fully saturated rings. The van der Waals surface area contributed by atoms with Gasteiger partial charge in [0.15, 0.2) is 0 Å². The minimum atomic E-state index is -0.448. The van der Waals surface area contributed by atoms with Crippen LogP contribution < -0.4 is 10.6 Å². The molecule has 19 heavy (non-hydrogen) atoms. The van der Waals surface area contributed by atoms with Crippen LogP contribution in [0.3, 0.4) is 0 Å². The highest BCUT2D eigenvalue weighted by molar-refractivity contribution is 5.70. The van der Waals surface area contributed by atoms with Crippen LogP contribution in [0.4, 0.5) is 17.1 Å². The summed E-state index contributed by atoms with van der Waals surface area (Å²) in [6.07, 6.45) is 0.277. The van der Waals surface area contributed by atoms with Crippen LogP contribution >= 0.6 is 0 Å². The minimum Gasteiger partial charge on any atom is -0.393 e. The van der Waals surface area contributed by atoms with Crippen molar-refractivity contribution in [3.8, 4) is 0 Å². The highest BCUT2D eigenvalue weighted by Gasteiger charge is 2.25. The first-order chi connectivity index (χ1) is 8.88. The van der Waals surface area contributed by atoms with Crippen LogP contribution in [0.2, 0.25) is 0 Å². The van der Waals surface area contributed by atoms with Gasteiger partial charge in [0.05, 0.1) is 17.1 Å². The van der Waals surface area contributed by atoms with Gasteiger partial charge in [-0.2, -0.15) is 0 Å². The molecule has 1 aliphatic heterocycles. The molecule has 2 N–H and O–H groups in total. The number of nitrogens with zero attached hydrogens (tertiary/aromatic N) is 2. The SMILES string of the molecule is Cc1cc([N+](=O)[O-])c(N)cc1N1C[C@@H](C)O[C@@H](C)C1. The second-order valence-corrected chi connectivity index (χ2v) is 5.12. The van der Waals surface area contributed by atoms with E-state index in [4.69, 9.17) is 10.5 Å². The number of anilines is 2. The first kappa shape index (κ1) is 13.6. The van der Waals surface area contributed by atoms with Crippen molar-refractivity contribution in [3.63, 3.8) is 0 Å². The molecule has 0 saturated carbocycles. The number of nitrogen functional groups attached to an aromatic ring is 1. The second kappa shape index (κ2) is 5.05. The fraction of sp³-hybridized carbons (Fsp3) is 0.538. The third kappa shape index (κ3) is 2.78. The first-order valence-corrected chi connectivity index (χ1v) is 6.33. The largest absolute Gasteiger partial charge is 0.393 e. The quantitative estimate of drug-likeness (QED) is 0.503. The van der Waals surface area contributed by atoms with Crippen molar-refractivity contribution in [2.75, 3.05) is 23.7 Å². The van der Waals surface area contributed by atoms with Gasteiger partial charge in [-0.1, -0.05) is 0 Å². The van der Waals surface area contributed by atoms with Crippen molar-refractivity contribution in [1.29, 1.82) is 0 Å². The Bertz CT molecular complexity index is 494.